The lowest BCUT2D eigenvalue weighted by Gasteiger charge is -2.18. The van der Waals surface area contributed by atoms with Gasteiger partial charge < -0.3 is 19.5 Å². The Morgan fingerprint density at radius 3 is 2.79 bits per heavy atom. The summed E-state index contributed by atoms with van der Waals surface area (Å²) in [6.07, 6.45) is 1.69. The molecule has 0 spiro atoms. The number of nitrogens with zero attached hydrogens (tertiary/aromatic N) is 3. The second kappa shape index (κ2) is 8.76. The summed E-state index contributed by atoms with van der Waals surface area (Å²) in [5, 5.41) is 9.25. The van der Waals surface area contributed by atoms with Crippen molar-refractivity contribution in [1.29, 1.82) is 0 Å². The van der Waals surface area contributed by atoms with Gasteiger partial charge in [0.1, 0.15) is 6.61 Å². The van der Waals surface area contributed by atoms with Gasteiger partial charge in [0, 0.05) is 13.5 Å². The van der Waals surface area contributed by atoms with Crippen molar-refractivity contribution < 1.29 is 19.0 Å². The number of esters is 1. The first kappa shape index (κ1) is 17.6. The molecule has 1 N–H and O–H groups in total. The Morgan fingerprint density at radius 1 is 1.38 bits per heavy atom. The van der Waals surface area contributed by atoms with E-state index in [-0.39, 0.29) is 12.6 Å². The van der Waals surface area contributed by atoms with Crippen LogP contribution in [0.2, 0.25) is 0 Å². The molecule has 0 atom stereocenters. The summed E-state index contributed by atoms with van der Waals surface area (Å²) in [4.78, 5) is 15.2. The number of hydrazone groups is 1. The predicted molar refractivity (Wildman–Crippen MR) is 90.8 cm³/mol. The summed E-state index contributed by atoms with van der Waals surface area (Å²) in [6.45, 7) is 3.49. The third kappa shape index (κ3) is 4.87. The van der Waals surface area contributed by atoms with Crippen molar-refractivity contribution in [3.8, 4) is 11.5 Å². The van der Waals surface area contributed by atoms with Crippen LogP contribution in [-0.2, 0) is 9.53 Å². The highest BCUT2D eigenvalue weighted by Gasteiger charge is 2.14. The lowest BCUT2D eigenvalue weighted by molar-refractivity contribution is -0.141. The van der Waals surface area contributed by atoms with Crippen LogP contribution in [0.1, 0.15) is 12.5 Å². The summed E-state index contributed by atoms with van der Waals surface area (Å²) in [6, 6.07) is 5.52. The highest BCUT2D eigenvalue weighted by molar-refractivity contribution is 5.85. The third-order valence-corrected chi connectivity index (χ3v) is 3.26. The van der Waals surface area contributed by atoms with Crippen molar-refractivity contribution in [2.24, 2.45) is 10.1 Å². The average Bonchev–Trinajstić information content (AvgIpc) is 3.11. The van der Waals surface area contributed by atoms with Crippen molar-refractivity contribution in [2.45, 2.75) is 6.92 Å². The highest BCUT2D eigenvalue weighted by Crippen LogP contribution is 2.26. The first-order valence-electron chi connectivity index (χ1n) is 7.59. The number of hydrogen-bond donors (Lipinski definition) is 1. The molecule has 1 aromatic rings. The molecule has 1 aromatic carbocycles. The van der Waals surface area contributed by atoms with Crippen LogP contribution in [0.4, 0.5) is 0 Å². The third-order valence-electron chi connectivity index (χ3n) is 3.26. The molecule has 130 valence electrons. The number of aliphatic imine (C=N–C) groups is 1. The molecule has 0 bridgehead atoms. The van der Waals surface area contributed by atoms with E-state index in [0.29, 0.717) is 30.5 Å². The van der Waals surface area contributed by atoms with Crippen LogP contribution < -0.4 is 14.8 Å². The van der Waals surface area contributed by atoms with Crippen LogP contribution in [-0.4, -0.2) is 63.6 Å². The van der Waals surface area contributed by atoms with Gasteiger partial charge in [0.2, 0.25) is 5.96 Å². The number of rotatable bonds is 7. The zero-order valence-electron chi connectivity index (χ0n) is 14.1. The Kier molecular flexibility index (Phi) is 6.41. The smallest absolute Gasteiger partial charge is 0.302 e. The van der Waals surface area contributed by atoms with Crippen molar-refractivity contribution in [2.75, 3.05) is 40.5 Å². The fraction of sp³-hybridized carbons (Fsp3) is 0.438. The fourth-order valence-corrected chi connectivity index (χ4v) is 2.12. The van der Waals surface area contributed by atoms with Crippen molar-refractivity contribution >= 4 is 18.1 Å². The van der Waals surface area contributed by atoms with Gasteiger partial charge in [-0.25, -0.2) is 10.0 Å². The van der Waals surface area contributed by atoms with E-state index in [4.69, 9.17) is 14.2 Å². The minimum absolute atomic E-state index is 0.235. The minimum atomic E-state index is -0.319. The molecule has 0 radical (unpaired) electrons. The number of carbonyl (C=O) groups excluding carboxylic acids is 1. The van der Waals surface area contributed by atoms with E-state index in [1.165, 1.54) is 6.92 Å². The fourth-order valence-electron chi connectivity index (χ4n) is 2.12. The van der Waals surface area contributed by atoms with E-state index in [1.807, 2.05) is 18.2 Å². The largest absolute Gasteiger partial charge is 0.493 e. The summed E-state index contributed by atoms with van der Waals surface area (Å²) in [5.74, 6) is 1.63. The Balaban J connectivity index is 2.09. The number of carbonyl (C=O) groups is 1. The quantitative estimate of drug-likeness (QED) is 0.452. The summed E-state index contributed by atoms with van der Waals surface area (Å²) >= 11 is 0. The molecule has 8 heteroatoms. The monoisotopic (exact) mass is 334 g/mol. The Hall–Kier alpha value is -2.77. The van der Waals surface area contributed by atoms with Crippen LogP contribution in [0.5, 0.6) is 11.5 Å². The summed E-state index contributed by atoms with van der Waals surface area (Å²) in [5.41, 5.74) is 0.851. The van der Waals surface area contributed by atoms with Gasteiger partial charge in [-0.15, -0.1) is 0 Å². The minimum Gasteiger partial charge on any atom is -0.493 e. The van der Waals surface area contributed by atoms with Gasteiger partial charge in [-0.1, -0.05) is 0 Å². The Labute approximate surface area is 141 Å². The Morgan fingerprint density at radius 2 is 2.17 bits per heavy atom. The van der Waals surface area contributed by atoms with E-state index in [1.54, 1.807) is 25.4 Å². The van der Waals surface area contributed by atoms with E-state index < -0.39 is 0 Å². The number of hydrogen-bond acceptors (Lipinski definition) is 8. The molecule has 0 saturated heterocycles. The van der Waals surface area contributed by atoms with Crippen LogP contribution in [0, 0.1) is 0 Å². The molecule has 24 heavy (non-hydrogen) atoms. The van der Waals surface area contributed by atoms with E-state index in [9.17, 15) is 4.79 Å². The second-order valence-corrected chi connectivity index (χ2v) is 4.95. The van der Waals surface area contributed by atoms with E-state index >= 15 is 0 Å². The highest BCUT2D eigenvalue weighted by atomic mass is 16.5. The van der Waals surface area contributed by atoms with Crippen molar-refractivity contribution in [1.82, 2.24) is 10.3 Å². The van der Waals surface area contributed by atoms with Crippen LogP contribution in [0.25, 0.3) is 0 Å². The van der Waals surface area contributed by atoms with Gasteiger partial charge >= 0.3 is 5.97 Å². The predicted octanol–water partition coefficient (Wildman–Crippen LogP) is 0.862. The molecule has 0 aliphatic carbocycles. The molecule has 0 amide bonds. The van der Waals surface area contributed by atoms with Crippen molar-refractivity contribution in [3.05, 3.63) is 23.8 Å². The van der Waals surface area contributed by atoms with E-state index in [0.717, 1.165) is 12.1 Å². The molecule has 1 aliphatic heterocycles. The first-order valence-corrected chi connectivity index (χ1v) is 7.59. The lowest BCUT2D eigenvalue weighted by Crippen LogP contribution is -2.37. The topological polar surface area (TPSA) is 84.8 Å². The van der Waals surface area contributed by atoms with Gasteiger partial charge in [-0.3, -0.25) is 4.79 Å². The maximum Gasteiger partial charge on any atom is 0.302 e. The van der Waals surface area contributed by atoms with Gasteiger partial charge in [0.25, 0.3) is 0 Å². The molecule has 2 rings (SSSR count). The zero-order chi connectivity index (χ0) is 17.4. The molecular formula is C16H22N4O4. The van der Waals surface area contributed by atoms with E-state index in [2.05, 4.69) is 15.4 Å². The molecule has 8 nitrogen and oxygen atoms in total. The van der Waals surface area contributed by atoms with Gasteiger partial charge in [-0.2, -0.15) is 5.10 Å². The lowest BCUT2D eigenvalue weighted by atomic mass is 10.2. The second-order valence-electron chi connectivity index (χ2n) is 4.95. The molecule has 0 saturated carbocycles. The van der Waals surface area contributed by atoms with Crippen LogP contribution in [0.15, 0.2) is 28.3 Å². The molecule has 1 aliphatic rings. The molecule has 0 fully saturated rings. The average molecular weight is 334 g/mol. The number of methoxy groups -OCH3 is 2. The van der Waals surface area contributed by atoms with Gasteiger partial charge in [-0.05, 0) is 23.8 Å². The number of ether oxygens (including phenoxy) is 3. The standard InChI is InChI=1S/C16H22N4O4/c1-12(21)24-9-8-20(16-17-6-7-18-16)19-11-13-4-5-14(22-2)15(10-13)23-3/h4-5,10-11H,6-9H2,1-3H3,(H,17,18)/b19-11+. The normalized spacial score (nSPS) is 13.4. The number of guanidine groups is 1. The molecule has 1 heterocycles. The number of benzene rings is 1. The van der Waals surface area contributed by atoms with Gasteiger partial charge in [0.15, 0.2) is 11.5 Å². The maximum atomic E-state index is 10.9. The van der Waals surface area contributed by atoms with Gasteiger partial charge in [0.05, 0.1) is 33.5 Å². The summed E-state index contributed by atoms with van der Waals surface area (Å²) in [7, 11) is 3.17. The van der Waals surface area contributed by atoms with Crippen LogP contribution in [0.3, 0.4) is 0 Å². The van der Waals surface area contributed by atoms with Crippen molar-refractivity contribution in [3.63, 3.8) is 0 Å². The zero-order valence-corrected chi connectivity index (χ0v) is 14.1. The summed E-state index contributed by atoms with van der Waals surface area (Å²) < 4.78 is 15.5. The molecular weight excluding hydrogens is 312 g/mol. The maximum absolute atomic E-state index is 10.9. The SMILES string of the molecule is COc1ccc(/C=N/N(CCOC(C)=O)C2=NCCN2)cc1OC. The Bertz CT molecular complexity index is 631. The first-order chi connectivity index (χ1) is 11.6. The van der Waals surface area contributed by atoms with Crippen LogP contribution >= 0.6 is 0 Å². The number of nitrogens with one attached hydrogen (secondary N) is 1. The molecule has 0 aromatic heterocycles. The molecule has 0 unspecified atom stereocenters.